The van der Waals surface area contributed by atoms with Crippen LogP contribution < -0.4 is 5.56 Å². The second-order valence-corrected chi connectivity index (χ2v) is 7.70. The van der Waals surface area contributed by atoms with Crippen molar-refractivity contribution in [3.63, 3.8) is 0 Å². The van der Waals surface area contributed by atoms with Crippen LogP contribution in [0.4, 0.5) is 0 Å². The molecule has 0 saturated heterocycles. The summed E-state index contributed by atoms with van der Waals surface area (Å²) < 4.78 is 5.35. The maximum absolute atomic E-state index is 12.1. The first-order valence-electron chi connectivity index (χ1n) is 9.04. The third-order valence-corrected chi connectivity index (χ3v) is 4.49. The maximum Gasteiger partial charge on any atom is 0.306 e. The summed E-state index contributed by atoms with van der Waals surface area (Å²) in [6, 6.07) is 11.4. The number of aromatic nitrogens is 2. The van der Waals surface area contributed by atoms with Gasteiger partial charge in [-0.25, -0.2) is 0 Å². The average molecular weight is 364 g/mol. The number of carbonyl (C=O) groups excluding carboxylic acids is 1. The molecule has 3 aromatic rings. The third-order valence-electron chi connectivity index (χ3n) is 4.49. The number of H-pyrrole nitrogens is 1. The topological polar surface area (TPSA) is 72.0 Å². The third kappa shape index (κ3) is 4.82. The van der Waals surface area contributed by atoms with Gasteiger partial charge in [-0.05, 0) is 41.0 Å². The van der Waals surface area contributed by atoms with Gasteiger partial charge in [0.2, 0.25) is 0 Å². The largest absolute Gasteiger partial charge is 0.461 e. The minimum atomic E-state index is -0.330. The van der Waals surface area contributed by atoms with E-state index in [0.717, 1.165) is 22.0 Å². The van der Waals surface area contributed by atoms with Gasteiger partial charge in [0.05, 0.1) is 0 Å². The van der Waals surface area contributed by atoms with E-state index in [1.807, 2.05) is 42.6 Å². The Bertz CT molecular complexity index is 1020. The number of esters is 1. The Labute approximate surface area is 158 Å². The SMILES string of the molecule is CC(C)(C)c1cncc(COC(=O)CCc2cc3ccccc3[nH]c2=O)c1. The molecular weight excluding hydrogens is 340 g/mol. The molecule has 0 aliphatic rings. The molecule has 140 valence electrons. The quantitative estimate of drug-likeness (QED) is 0.697. The Balaban J connectivity index is 1.59. The number of benzene rings is 1. The van der Waals surface area contributed by atoms with Crippen molar-refractivity contribution in [2.75, 3.05) is 0 Å². The van der Waals surface area contributed by atoms with Crippen molar-refractivity contribution in [3.05, 3.63) is 75.8 Å². The van der Waals surface area contributed by atoms with Crippen LogP contribution in [-0.4, -0.2) is 15.9 Å². The van der Waals surface area contributed by atoms with E-state index >= 15 is 0 Å². The zero-order valence-electron chi connectivity index (χ0n) is 15.9. The summed E-state index contributed by atoms with van der Waals surface area (Å²) in [6.45, 7) is 6.52. The van der Waals surface area contributed by atoms with E-state index in [0.29, 0.717) is 12.0 Å². The molecule has 5 heteroatoms. The van der Waals surface area contributed by atoms with Crippen LogP contribution in [0.3, 0.4) is 0 Å². The van der Waals surface area contributed by atoms with E-state index in [9.17, 15) is 9.59 Å². The fourth-order valence-corrected chi connectivity index (χ4v) is 2.83. The van der Waals surface area contributed by atoms with Gasteiger partial charge >= 0.3 is 5.97 Å². The first-order chi connectivity index (χ1) is 12.8. The molecule has 0 spiro atoms. The van der Waals surface area contributed by atoms with Crippen LogP contribution >= 0.6 is 0 Å². The fraction of sp³-hybridized carbons (Fsp3) is 0.318. The van der Waals surface area contributed by atoms with Crippen molar-refractivity contribution in [2.24, 2.45) is 0 Å². The molecular formula is C22H24N2O3. The molecule has 0 aliphatic carbocycles. The van der Waals surface area contributed by atoms with E-state index in [-0.39, 0.29) is 30.0 Å². The van der Waals surface area contributed by atoms with Crippen molar-refractivity contribution in [1.82, 2.24) is 9.97 Å². The van der Waals surface area contributed by atoms with Gasteiger partial charge in [-0.15, -0.1) is 0 Å². The van der Waals surface area contributed by atoms with Gasteiger partial charge in [0.1, 0.15) is 6.61 Å². The van der Waals surface area contributed by atoms with Crippen LogP contribution in [0.5, 0.6) is 0 Å². The summed E-state index contributed by atoms with van der Waals surface area (Å²) in [5.41, 5.74) is 3.16. The van der Waals surface area contributed by atoms with Gasteiger partial charge in [-0.3, -0.25) is 14.6 Å². The van der Waals surface area contributed by atoms with Gasteiger partial charge < -0.3 is 9.72 Å². The highest BCUT2D eigenvalue weighted by Crippen LogP contribution is 2.22. The number of pyridine rings is 2. The molecule has 2 aromatic heterocycles. The summed E-state index contributed by atoms with van der Waals surface area (Å²) in [6.07, 6.45) is 4.04. The smallest absolute Gasteiger partial charge is 0.306 e. The van der Waals surface area contributed by atoms with Gasteiger partial charge in [-0.2, -0.15) is 0 Å². The number of fused-ring (bicyclic) bond motifs is 1. The van der Waals surface area contributed by atoms with E-state index in [1.54, 1.807) is 6.20 Å². The van der Waals surface area contributed by atoms with E-state index in [4.69, 9.17) is 4.74 Å². The van der Waals surface area contributed by atoms with Crippen molar-refractivity contribution >= 4 is 16.9 Å². The molecule has 0 atom stereocenters. The number of aryl methyl sites for hydroxylation is 1. The lowest BCUT2D eigenvalue weighted by atomic mass is 9.88. The van der Waals surface area contributed by atoms with E-state index in [2.05, 4.69) is 30.7 Å². The molecule has 2 heterocycles. The number of para-hydroxylation sites is 1. The van der Waals surface area contributed by atoms with Crippen LogP contribution in [0.1, 0.15) is 43.9 Å². The summed E-state index contributed by atoms with van der Waals surface area (Å²) in [7, 11) is 0. The number of nitrogens with zero attached hydrogens (tertiary/aromatic N) is 1. The molecule has 0 fully saturated rings. The van der Waals surface area contributed by atoms with Crippen LogP contribution in [0.2, 0.25) is 0 Å². The molecule has 27 heavy (non-hydrogen) atoms. The van der Waals surface area contributed by atoms with Crippen molar-refractivity contribution in [3.8, 4) is 0 Å². The number of nitrogens with one attached hydrogen (secondary N) is 1. The lowest BCUT2D eigenvalue weighted by Gasteiger charge is -2.19. The van der Waals surface area contributed by atoms with E-state index in [1.165, 1.54) is 0 Å². The molecule has 3 rings (SSSR count). The van der Waals surface area contributed by atoms with Crippen molar-refractivity contribution < 1.29 is 9.53 Å². The highest BCUT2D eigenvalue weighted by Gasteiger charge is 2.15. The van der Waals surface area contributed by atoms with Crippen LogP contribution in [0.15, 0.2) is 53.6 Å². The molecule has 0 unspecified atom stereocenters. The first-order valence-corrected chi connectivity index (χ1v) is 9.04. The van der Waals surface area contributed by atoms with Gasteiger partial charge in [0, 0.05) is 35.5 Å². The minimum absolute atomic E-state index is 0.00979. The maximum atomic E-state index is 12.1. The lowest BCUT2D eigenvalue weighted by molar-refractivity contribution is -0.144. The zero-order valence-corrected chi connectivity index (χ0v) is 15.9. The standard InChI is InChI=1S/C22H24N2O3/c1-22(2,3)18-10-15(12-23-13-18)14-27-20(25)9-8-17-11-16-6-4-5-7-19(16)24-21(17)26/h4-7,10-13H,8-9,14H2,1-3H3,(H,24,26). The Hall–Kier alpha value is -2.95. The Morgan fingerprint density at radius 3 is 2.70 bits per heavy atom. The number of carbonyl (C=O) groups is 1. The second-order valence-electron chi connectivity index (χ2n) is 7.70. The van der Waals surface area contributed by atoms with Crippen molar-refractivity contribution in [1.29, 1.82) is 0 Å². The Kier molecular flexibility index (Phi) is 5.40. The van der Waals surface area contributed by atoms with Crippen molar-refractivity contribution in [2.45, 2.75) is 45.6 Å². The number of rotatable bonds is 5. The fourth-order valence-electron chi connectivity index (χ4n) is 2.83. The second kappa shape index (κ2) is 7.74. The molecule has 0 saturated carbocycles. The average Bonchev–Trinajstić information content (AvgIpc) is 2.64. The molecule has 1 aromatic carbocycles. The van der Waals surface area contributed by atoms with Crippen LogP contribution in [-0.2, 0) is 28.0 Å². The zero-order chi connectivity index (χ0) is 19.4. The van der Waals surface area contributed by atoms with Gasteiger partial charge in [0.15, 0.2) is 0 Å². The summed E-state index contributed by atoms with van der Waals surface area (Å²) in [4.78, 5) is 31.3. The normalized spacial score (nSPS) is 11.5. The molecule has 0 bridgehead atoms. The van der Waals surface area contributed by atoms with Crippen LogP contribution in [0, 0.1) is 0 Å². The number of hydrogen-bond acceptors (Lipinski definition) is 4. The summed E-state index contributed by atoms with van der Waals surface area (Å²) in [5, 5.41) is 0.950. The highest BCUT2D eigenvalue weighted by molar-refractivity contribution is 5.79. The molecule has 0 aliphatic heterocycles. The van der Waals surface area contributed by atoms with Gasteiger partial charge in [0.25, 0.3) is 5.56 Å². The minimum Gasteiger partial charge on any atom is -0.461 e. The predicted octanol–water partition coefficient (Wildman–Crippen LogP) is 3.90. The monoisotopic (exact) mass is 364 g/mol. The highest BCUT2D eigenvalue weighted by atomic mass is 16.5. The Morgan fingerprint density at radius 2 is 1.93 bits per heavy atom. The molecule has 5 nitrogen and oxygen atoms in total. The number of hydrogen-bond donors (Lipinski definition) is 1. The molecule has 0 radical (unpaired) electrons. The summed E-state index contributed by atoms with van der Waals surface area (Å²) >= 11 is 0. The molecule has 0 amide bonds. The van der Waals surface area contributed by atoms with E-state index < -0.39 is 0 Å². The molecule has 1 N–H and O–H groups in total. The predicted molar refractivity (Wildman–Crippen MR) is 106 cm³/mol. The summed E-state index contributed by atoms with van der Waals surface area (Å²) in [5.74, 6) is -0.330. The first kappa shape index (κ1) is 18.8. The number of ether oxygens (including phenoxy) is 1. The van der Waals surface area contributed by atoms with Gasteiger partial charge in [-0.1, -0.05) is 39.0 Å². The van der Waals surface area contributed by atoms with Crippen LogP contribution in [0.25, 0.3) is 10.9 Å². The lowest BCUT2D eigenvalue weighted by Crippen LogP contribution is -2.15. The number of aromatic amines is 1. The Morgan fingerprint density at radius 1 is 1.15 bits per heavy atom.